The van der Waals surface area contributed by atoms with E-state index in [1.807, 2.05) is 34.6 Å². The third-order valence-corrected chi connectivity index (χ3v) is 2.90. The first-order valence-corrected chi connectivity index (χ1v) is 7.19. The molecule has 0 aromatic carbocycles. The molecule has 2 atom stereocenters. The molecule has 1 N–H and O–H groups in total. The summed E-state index contributed by atoms with van der Waals surface area (Å²) >= 11 is 0. The van der Waals surface area contributed by atoms with Gasteiger partial charge >= 0.3 is 6.09 Å². The van der Waals surface area contributed by atoms with E-state index >= 15 is 0 Å². The molecule has 6 nitrogen and oxygen atoms in total. The van der Waals surface area contributed by atoms with Crippen LogP contribution in [0, 0.1) is 5.92 Å². The Labute approximate surface area is 127 Å². The van der Waals surface area contributed by atoms with Crippen LogP contribution in [0.25, 0.3) is 0 Å². The standard InChI is InChI=1S/C15H28N2O4/c1-7-9-20-14(19)16-10-13(12(3)8-2)17(11-18)21-15(4,5)6/h7,11-13H,1,8-10H2,2-6H3,(H,16,19). The van der Waals surface area contributed by atoms with E-state index in [1.54, 1.807) is 0 Å². The number of alkyl carbamates (subject to hydrolysis) is 1. The Balaban J connectivity index is 4.73. The van der Waals surface area contributed by atoms with Gasteiger partial charge in [0.25, 0.3) is 0 Å². The fourth-order valence-corrected chi connectivity index (χ4v) is 1.67. The highest BCUT2D eigenvalue weighted by atomic mass is 16.7. The summed E-state index contributed by atoms with van der Waals surface area (Å²) in [5.74, 6) is 0.164. The molecule has 0 saturated heterocycles. The lowest BCUT2D eigenvalue weighted by molar-refractivity contribution is -0.237. The first kappa shape index (κ1) is 19.4. The molecule has 0 aliphatic rings. The van der Waals surface area contributed by atoms with Crippen molar-refractivity contribution in [1.29, 1.82) is 0 Å². The second-order valence-corrected chi connectivity index (χ2v) is 5.89. The summed E-state index contributed by atoms with van der Waals surface area (Å²) in [6.07, 6.45) is 2.46. The molecule has 0 spiro atoms. The average Bonchev–Trinajstić information content (AvgIpc) is 2.42. The van der Waals surface area contributed by atoms with Crippen LogP contribution in [0.15, 0.2) is 12.7 Å². The van der Waals surface area contributed by atoms with Crippen molar-refractivity contribution in [1.82, 2.24) is 10.4 Å². The monoisotopic (exact) mass is 300 g/mol. The van der Waals surface area contributed by atoms with Gasteiger partial charge in [0, 0.05) is 6.54 Å². The molecule has 0 aliphatic heterocycles. The lowest BCUT2D eigenvalue weighted by Crippen LogP contribution is -2.49. The second-order valence-electron chi connectivity index (χ2n) is 5.89. The van der Waals surface area contributed by atoms with E-state index in [0.29, 0.717) is 6.41 Å². The topological polar surface area (TPSA) is 67.9 Å². The van der Waals surface area contributed by atoms with Gasteiger partial charge in [0.2, 0.25) is 6.41 Å². The number of carbonyl (C=O) groups excluding carboxylic acids is 2. The Morgan fingerprint density at radius 1 is 1.43 bits per heavy atom. The van der Waals surface area contributed by atoms with Crippen molar-refractivity contribution in [2.75, 3.05) is 13.2 Å². The number of nitrogens with zero attached hydrogens (tertiary/aromatic N) is 1. The van der Waals surface area contributed by atoms with Crippen molar-refractivity contribution in [2.24, 2.45) is 5.92 Å². The molecular formula is C15H28N2O4. The van der Waals surface area contributed by atoms with Gasteiger partial charge in [-0.15, -0.1) is 0 Å². The summed E-state index contributed by atoms with van der Waals surface area (Å²) in [5, 5.41) is 3.92. The van der Waals surface area contributed by atoms with Crippen molar-refractivity contribution in [3.63, 3.8) is 0 Å². The van der Waals surface area contributed by atoms with Crippen LogP contribution in [-0.2, 0) is 14.4 Å². The van der Waals surface area contributed by atoms with Crippen molar-refractivity contribution >= 4 is 12.5 Å². The fourth-order valence-electron chi connectivity index (χ4n) is 1.67. The first-order valence-electron chi connectivity index (χ1n) is 7.19. The smallest absolute Gasteiger partial charge is 0.407 e. The van der Waals surface area contributed by atoms with Crippen LogP contribution >= 0.6 is 0 Å². The van der Waals surface area contributed by atoms with Gasteiger partial charge in [-0.25, -0.2) is 9.86 Å². The summed E-state index contributed by atoms with van der Waals surface area (Å²) in [5.41, 5.74) is -0.490. The number of nitrogens with one attached hydrogen (secondary N) is 1. The Morgan fingerprint density at radius 2 is 2.05 bits per heavy atom. The summed E-state index contributed by atoms with van der Waals surface area (Å²) < 4.78 is 4.85. The molecule has 0 fully saturated rings. The number of carbonyl (C=O) groups is 2. The van der Waals surface area contributed by atoms with Gasteiger partial charge < -0.3 is 10.1 Å². The molecule has 0 bridgehead atoms. The maximum atomic E-state index is 11.5. The molecule has 0 aromatic heterocycles. The Hall–Kier alpha value is -1.56. The molecule has 122 valence electrons. The predicted octanol–water partition coefficient (Wildman–Crippen LogP) is 2.50. The van der Waals surface area contributed by atoms with E-state index in [9.17, 15) is 9.59 Å². The molecule has 6 heteroatoms. The van der Waals surface area contributed by atoms with E-state index in [1.165, 1.54) is 11.1 Å². The zero-order valence-corrected chi connectivity index (χ0v) is 13.7. The fraction of sp³-hybridized carbons (Fsp3) is 0.733. The Bertz CT molecular complexity index is 339. The third kappa shape index (κ3) is 8.34. The van der Waals surface area contributed by atoms with Gasteiger partial charge in [0.1, 0.15) is 6.61 Å². The van der Waals surface area contributed by atoms with E-state index in [0.717, 1.165) is 6.42 Å². The normalized spacial score (nSPS) is 14.0. The number of hydrogen-bond donors (Lipinski definition) is 1. The molecule has 0 aromatic rings. The van der Waals surface area contributed by atoms with Crippen LogP contribution in [0.4, 0.5) is 4.79 Å². The van der Waals surface area contributed by atoms with E-state index in [4.69, 9.17) is 9.57 Å². The molecule has 0 radical (unpaired) electrons. The Morgan fingerprint density at radius 3 is 2.48 bits per heavy atom. The quantitative estimate of drug-likeness (QED) is 0.403. The number of ether oxygens (including phenoxy) is 1. The minimum atomic E-state index is -0.537. The number of hydrogen-bond acceptors (Lipinski definition) is 4. The zero-order chi connectivity index (χ0) is 16.5. The van der Waals surface area contributed by atoms with Crippen molar-refractivity contribution in [3.8, 4) is 0 Å². The molecule has 2 amide bonds. The Kier molecular flexibility index (Phi) is 8.69. The lowest BCUT2D eigenvalue weighted by Gasteiger charge is -2.35. The molecule has 0 saturated carbocycles. The van der Waals surface area contributed by atoms with E-state index < -0.39 is 11.7 Å². The van der Waals surface area contributed by atoms with Crippen LogP contribution in [0.1, 0.15) is 41.0 Å². The lowest BCUT2D eigenvalue weighted by atomic mass is 9.99. The van der Waals surface area contributed by atoms with Crippen LogP contribution in [-0.4, -0.2) is 42.4 Å². The minimum Gasteiger partial charge on any atom is -0.445 e. The van der Waals surface area contributed by atoms with Crippen molar-refractivity contribution in [2.45, 2.75) is 52.7 Å². The first-order chi connectivity index (χ1) is 9.75. The van der Waals surface area contributed by atoms with Gasteiger partial charge in [-0.3, -0.25) is 9.63 Å². The molecular weight excluding hydrogens is 272 g/mol. The molecule has 21 heavy (non-hydrogen) atoms. The molecule has 0 heterocycles. The zero-order valence-electron chi connectivity index (χ0n) is 13.7. The van der Waals surface area contributed by atoms with E-state index in [-0.39, 0.29) is 25.1 Å². The summed E-state index contributed by atoms with van der Waals surface area (Å²) in [4.78, 5) is 28.4. The summed E-state index contributed by atoms with van der Waals surface area (Å²) in [6, 6.07) is -0.261. The number of amides is 2. The van der Waals surface area contributed by atoms with E-state index in [2.05, 4.69) is 11.9 Å². The van der Waals surface area contributed by atoms with Gasteiger partial charge in [-0.1, -0.05) is 32.9 Å². The molecule has 0 aliphatic carbocycles. The molecule has 2 unspecified atom stereocenters. The number of hydroxylamine groups is 2. The average molecular weight is 300 g/mol. The van der Waals surface area contributed by atoms with Gasteiger partial charge in [-0.05, 0) is 26.7 Å². The SMILES string of the molecule is C=CCOC(=O)NCC(C(C)CC)N(C=O)OC(C)(C)C. The predicted molar refractivity (Wildman–Crippen MR) is 81.5 cm³/mol. The van der Waals surface area contributed by atoms with Gasteiger partial charge in [-0.2, -0.15) is 0 Å². The minimum absolute atomic E-state index is 0.149. The van der Waals surface area contributed by atoms with Gasteiger partial charge in [0.05, 0.1) is 11.6 Å². The highest BCUT2D eigenvalue weighted by Crippen LogP contribution is 2.18. The van der Waals surface area contributed by atoms with Crippen LogP contribution in [0.5, 0.6) is 0 Å². The highest BCUT2D eigenvalue weighted by Gasteiger charge is 2.28. The van der Waals surface area contributed by atoms with Crippen LogP contribution in [0.2, 0.25) is 0 Å². The van der Waals surface area contributed by atoms with Crippen molar-refractivity contribution < 1.29 is 19.2 Å². The maximum Gasteiger partial charge on any atom is 0.407 e. The summed E-state index contributed by atoms with van der Waals surface area (Å²) in [6.45, 7) is 13.5. The van der Waals surface area contributed by atoms with Crippen molar-refractivity contribution in [3.05, 3.63) is 12.7 Å². The third-order valence-electron chi connectivity index (χ3n) is 2.90. The van der Waals surface area contributed by atoms with Crippen LogP contribution < -0.4 is 5.32 Å². The van der Waals surface area contributed by atoms with Crippen LogP contribution in [0.3, 0.4) is 0 Å². The maximum absolute atomic E-state index is 11.5. The second kappa shape index (κ2) is 9.39. The largest absolute Gasteiger partial charge is 0.445 e. The summed E-state index contributed by atoms with van der Waals surface area (Å²) in [7, 11) is 0. The molecule has 0 rings (SSSR count). The van der Waals surface area contributed by atoms with Gasteiger partial charge in [0.15, 0.2) is 0 Å². The number of rotatable bonds is 9. The highest BCUT2D eigenvalue weighted by molar-refractivity contribution is 5.67.